The van der Waals surface area contributed by atoms with Gasteiger partial charge in [0.1, 0.15) is 5.82 Å². The molecular weight excluding hydrogens is 291 g/mol. The molecule has 0 N–H and O–H groups in total. The van der Waals surface area contributed by atoms with Crippen LogP contribution in [0.3, 0.4) is 0 Å². The van der Waals surface area contributed by atoms with Crippen LogP contribution in [0.2, 0.25) is 0 Å². The van der Waals surface area contributed by atoms with E-state index in [0.717, 1.165) is 44.5 Å². The van der Waals surface area contributed by atoms with E-state index in [1.165, 1.54) is 6.07 Å². The molecule has 1 aromatic carbocycles. The van der Waals surface area contributed by atoms with Gasteiger partial charge in [0.05, 0.1) is 0 Å². The topological polar surface area (TPSA) is 23.6 Å². The maximum atomic E-state index is 13.7. The predicted molar refractivity (Wildman–Crippen MR) is 88.8 cm³/mol. The summed E-state index contributed by atoms with van der Waals surface area (Å²) in [4.78, 5) is 16.9. The monoisotopic (exact) mass is 316 g/mol. The average molecular weight is 316 g/mol. The molecule has 0 radical (unpaired) electrons. The molecule has 1 amide bonds. The molecule has 124 valence electrons. The summed E-state index contributed by atoms with van der Waals surface area (Å²) in [5, 5.41) is 0. The highest BCUT2D eigenvalue weighted by molar-refractivity contribution is 5.81. The molecule has 0 unspecified atom stereocenters. The second-order valence-electron chi connectivity index (χ2n) is 8.04. The first-order valence-electron chi connectivity index (χ1n) is 8.79. The number of likely N-dealkylation sites (tertiary alicyclic amines) is 1. The lowest BCUT2D eigenvalue weighted by Crippen LogP contribution is -2.50. The fraction of sp³-hybridized carbons (Fsp3) is 0.632. The van der Waals surface area contributed by atoms with Crippen LogP contribution in [0.25, 0.3) is 0 Å². The Bertz CT molecular complexity index is 626. The van der Waals surface area contributed by atoms with Crippen LogP contribution in [0.5, 0.6) is 0 Å². The molecule has 4 rings (SSSR count). The van der Waals surface area contributed by atoms with Crippen molar-refractivity contribution in [3.8, 4) is 0 Å². The molecule has 1 aromatic rings. The van der Waals surface area contributed by atoms with Crippen LogP contribution in [0.1, 0.15) is 39.5 Å². The SMILES string of the molecule is CC1(C)C[C@@H]2CN(C(=O)C3CC3)CC[C@@H]2N1c1cccc(F)c1. The Balaban J connectivity index is 1.57. The van der Waals surface area contributed by atoms with Gasteiger partial charge in [0.2, 0.25) is 5.91 Å². The van der Waals surface area contributed by atoms with E-state index in [9.17, 15) is 9.18 Å². The van der Waals surface area contributed by atoms with Gasteiger partial charge in [-0.1, -0.05) is 6.07 Å². The highest BCUT2D eigenvalue weighted by atomic mass is 19.1. The van der Waals surface area contributed by atoms with Crippen molar-refractivity contribution in [3.63, 3.8) is 0 Å². The minimum Gasteiger partial charge on any atom is -0.363 e. The van der Waals surface area contributed by atoms with E-state index in [-0.39, 0.29) is 11.4 Å². The van der Waals surface area contributed by atoms with Crippen LogP contribution < -0.4 is 4.90 Å². The summed E-state index contributed by atoms with van der Waals surface area (Å²) in [6.07, 6.45) is 4.19. The molecule has 0 bridgehead atoms. The number of rotatable bonds is 2. The molecule has 3 fully saturated rings. The van der Waals surface area contributed by atoms with Crippen LogP contribution in [-0.2, 0) is 4.79 Å². The minimum atomic E-state index is -0.178. The standard InChI is InChI=1S/C19H25FN2O/c1-19(2)11-14-12-21(18(23)13-6-7-13)9-8-17(14)22(19)16-5-3-4-15(20)10-16/h3-5,10,13-14,17H,6-9,11-12H2,1-2H3/t14-,17+/m1/s1. The average Bonchev–Trinajstić information content (AvgIpc) is 3.29. The van der Waals surface area contributed by atoms with Crippen LogP contribution in [0, 0.1) is 17.7 Å². The molecule has 0 aromatic heterocycles. The number of fused-ring (bicyclic) bond motifs is 1. The van der Waals surface area contributed by atoms with E-state index in [0.29, 0.717) is 23.8 Å². The molecule has 0 spiro atoms. The van der Waals surface area contributed by atoms with Crippen molar-refractivity contribution in [2.75, 3.05) is 18.0 Å². The smallest absolute Gasteiger partial charge is 0.225 e. The fourth-order valence-corrected chi connectivity index (χ4v) is 4.70. The zero-order valence-corrected chi connectivity index (χ0v) is 14.0. The van der Waals surface area contributed by atoms with E-state index in [1.54, 1.807) is 12.1 Å². The Morgan fingerprint density at radius 1 is 1.26 bits per heavy atom. The summed E-state index contributed by atoms with van der Waals surface area (Å²) in [5.74, 6) is 0.985. The molecule has 3 nitrogen and oxygen atoms in total. The lowest BCUT2D eigenvalue weighted by Gasteiger charge is -2.42. The normalized spacial score (nSPS) is 29.5. The zero-order valence-electron chi connectivity index (χ0n) is 14.0. The molecule has 2 saturated heterocycles. The number of benzene rings is 1. The Hall–Kier alpha value is -1.58. The molecule has 2 aliphatic heterocycles. The van der Waals surface area contributed by atoms with Crippen LogP contribution in [0.4, 0.5) is 10.1 Å². The summed E-state index contributed by atoms with van der Waals surface area (Å²) in [6, 6.07) is 7.36. The molecule has 23 heavy (non-hydrogen) atoms. The summed E-state index contributed by atoms with van der Waals surface area (Å²) >= 11 is 0. The highest BCUT2D eigenvalue weighted by Gasteiger charge is 2.49. The minimum absolute atomic E-state index is 0.00175. The number of carbonyl (C=O) groups excluding carboxylic acids is 1. The van der Waals surface area contributed by atoms with Crippen molar-refractivity contribution >= 4 is 11.6 Å². The number of amides is 1. The molecule has 1 saturated carbocycles. The van der Waals surface area contributed by atoms with Crippen molar-refractivity contribution in [3.05, 3.63) is 30.1 Å². The first-order valence-corrected chi connectivity index (χ1v) is 8.79. The Kier molecular flexibility index (Phi) is 3.40. The third kappa shape index (κ3) is 2.62. The lowest BCUT2D eigenvalue weighted by molar-refractivity contribution is -0.134. The largest absolute Gasteiger partial charge is 0.363 e. The maximum Gasteiger partial charge on any atom is 0.225 e. The number of anilines is 1. The second kappa shape index (κ2) is 5.22. The second-order valence-corrected chi connectivity index (χ2v) is 8.04. The van der Waals surface area contributed by atoms with Gasteiger partial charge in [0.15, 0.2) is 0 Å². The third-order valence-corrected chi connectivity index (χ3v) is 5.76. The van der Waals surface area contributed by atoms with E-state index < -0.39 is 0 Å². The van der Waals surface area contributed by atoms with Crippen molar-refractivity contribution in [2.45, 2.75) is 51.1 Å². The Morgan fingerprint density at radius 3 is 2.74 bits per heavy atom. The summed E-state index contributed by atoms with van der Waals surface area (Å²) < 4.78 is 13.7. The molecule has 4 heteroatoms. The third-order valence-electron chi connectivity index (χ3n) is 5.76. The summed E-state index contributed by atoms with van der Waals surface area (Å²) in [6.45, 7) is 6.19. The number of hydrogen-bond donors (Lipinski definition) is 0. The van der Waals surface area contributed by atoms with E-state index in [1.807, 2.05) is 6.07 Å². The van der Waals surface area contributed by atoms with Crippen molar-refractivity contribution in [1.82, 2.24) is 4.90 Å². The Morgan fingerprint density at radius 2 is 2.04 bits per heavy atom. The number of hydrogen-bond acceptors (Lipinski definition) is 2. The van der Waals surface area contributed by atoms with Crippen LogP contribution >= 0.6 is 0 Å². The fourth-order valence-electron chi connectivity index (χ4n) is 4.70. The number of piperidine rings is 1. The molecule has 1 aliphatic carbocycles. The van der Waals surface area contributed by atoms with Crippen molar-refractivity contribution < 1.29 is 9.18 Å². The number of nitrogens with zero attached hydrogens (tertiary/aromatic N) is 2. The lowest BCUT2D eigenvalue weighted by atomic mass is 9.89. The van der Waals surface area contributed by atoms with E-state index in [2.05, 4.69) is 23.6 Å². The molecular formula is C19H25FN2O. The summed E-state index contributed by atoms with van der Waals surface area (Å²) in [5.41, 5.74) is 0.978. The molecule has 3 aliphatic rings. The maximum absolute atomic E-state index is 13.7. The van der Waals surface area contributed by atoms with E-state index in [4.69, 9.17) is 0 Å². The van der Waals surface area contributed by atoms with Gasteiger partial charge in [0.25, 0.3) is 0 Å². The van der Waals surface area contributed by atoms with Gasteiger partial charge < -0.3 is 9.80 Å². The van der Waals surface area contributed by atoms with Gasteiger partial charge in [-0.05, 0) is 63.6 Å². The van der Waals surface area contributed by atoms with Gasteiger partial charge in [-0.25, -0.2) is 4.39 Å². The van der Waals surface area contributed by atoms with Crippen molar-refractivity contribution in [2.24, 2.45) is 11.8 Å². The van der Waals surface area contributed by atoms with E-state index >= 15 is 0 Å². The van der Waals surface area contributed by atoms with Crippen molar-refractivity contribution in [1.29, 1.82) is 0 Å². The summed E-state index contributed by atoms with van der Waals surface area (Å²) in [7, 11) is 0. The quantitative estimate of drug-likeness (QED) is 0.834. The Labute approximate surface area is 137 Å². The first-order chi connectivity index (χ1) is 11.0. The zero-order chi connectivity index (χ0) is 16.2. The molecule has 2 heterocycles. The van der Waals surface area contributed by atoms with Gasteiger partial charge >= 0.3 is 0 Å². The van der Waals surface area contributed by atoms with Crippen LogP contribution in [0.15, 0.2) is 24.3 Å². The molecule has 2 atom stereocenters. The highest BCUT2D eigenvalue weighted by Crippen LogP contribution is 2.45. The van der Waals surface area contributed by atoms with Crippen LogP contribution in [-0.4, -0.2) is 35.5 Å². The van der Waals surface area contributed by atoms with Gasteiger partial charge in [-0.2, -0.15) is 0 Å². The van der Waals surface area contributed by atoms with Gasteiger partial charge in [-0.3, -0.25) is 4.79 Å². The van der Waals surface area contributed by atoms with Gasteiger partial charge in [0, 0.05) is 36.3 Å². The predicted octanol–water partition coefficient (Wildman–Crippen LogP) is 3.44. The number of halogens is 1. The number of carbonyl (C=O) groups is 1. The van der Waals surface area contributed by atoms with Gasteiger partial charge in [-0.15, -0.1) is 0 Å². The first kappa shape index (κ1) is 15.0.